The molecule has 1 aromatic heterocycles. The van der Waals surface area contributed by atoms with Crippen molar-refractivity contribution in [2.24, 2.45) is 0 Å². The molecular formula is C34H38ClN5OS. The SMILES string of the molecule is O=C(NCCN1CCCCC1)c1ccc(CSc2nc(Cl)cc(N(CCc3ccccc3)Cc3ccccc3)n2)cc1. The molecule has 0 aliphatic carbocycles. The van der Waals surface area contributed by atoms with E-state index in [0.717, 1.165) is 50.5 Å². The number of thioether (sulfide) groups is 1. The maximum atomic E-state index is 12.6. The standard InChI is InChI=1S/C34H38ClN5OS/c35-31-24-32(40(25-28-12-6-2-7-13-28)22-18-27-10-4-1-5-11-27)38-34(37-31)42-26-29-14-16-30(17-15-29)33(41)36-19-23-39-20-8-3-9-21-39/h1-2,4-7,10-17,24H,3,8-9,18-23,25-26H2,(H,36,41). The maximum absolute atomic E-state index is 12.6. The lowest BCUT2D eigenvalue weighted by atomic mass is 10.1. The molecule has 1 amide bonds. The van der Waals surface area contributed by atoms with Gasteiger partial charge in [-0.05, 0) is 61.2 Å². The number of benzene rings is 3. The van der Waals surface area contributed by atoms with Crippen LogP contribution in [0.5, 0.6) is 0 Å². The Balaban J connectivity index is 1.19. The van der Waals surface area contributed by atoms with Crippen LogP contribution < -0.4 is 10.2 Å². The molecule has 0 spiro atoms. The smallest absolute Gasteiger partial charge is 0.251 e. The van der Waals surface area contributed by atoms with Gasteiger partial charge in [-0.2, -0.15) is 0 Å². The molecule has 1 aliphatic rings. The third-order valence-electron chi connectivity index (χ3n) is 7.46. The summed E-state index contributed by atoms with van der Waals surface area (Å²) in [5.41, 5.74) is 4.27. The van der Waals surface area contributed by atoms with Crippen molar-refractivity contribution in [3.8, 4) is 0 Å². The van der Waals surface area contributed by atoms with Crippen LogP contribution >= 0.6 is 23.4 Å². The number of aromatic nitrogens is 2. The van der Waals surface area contributed by atoms with Crippen LogP contribution in [0.15, 0.2) is 96.2 Å². The van der Waals surface area contributed by atoms with Crippen molar-refractivity contribution in [1.29, 1.82) is 0 Å². The molecule has 1 aliphatic heterocycles. The van der Waals surface area contributed by atoms with E-state index in [9.17, 15) is 4.79 Å². The van der Waals surface area contributed by atoms with Crippen molar-refractivity contribution in [1.82, 2.24) is 20.2 Å². The van der Waals surface area contributed by atoms with Gasteiger partial charge in [0, 0.05) is 43.6 Å². The predicted octanol–water partition coefficient (Wildman–Crippen LogP) is 6.89. The zero-order chi connectivity index (χ0) is 29.0. The quantitative estimate of drug-likeness (QED) is 0.103. The number of likely N-dealkylation sites (tertiary alicyclic amines) is 1. The molecule has 5 rings (SSSR count). The number of amides is 1. The minimum Gasteiger partial charge on any atom is -0.352 e. The fourth-order valence-corrected chi connectivity index (χ4v) is 6.15. The van der Waals surface area contributed by atoms with E-state index >= 15 is 0 Å². The molecule has 0 radical (unpaired) electrons. The Morgan fingerprint density at radius 1 is 0.857 bits per heavy atom. The summed E-state index contributed by atoms with van der Waals surface area (Å²) in [5, 5.41) is 4.12. The topological polar surface area (TPSA) is 61.4 Å². The first-order valence-corrected chi connectivity index (χ1v) is 16.1. The fourth-order valence-electron chi connectivity index (χ4n) is 5.11. The van der Waals surface area contributed by atoms with Gasteiger partial charge in [0.2, 0.25) is 0 Å². The van der Waals surface area contributed by atoms with E-state index in [0.29, 0.717) is 28.2 Å². The molecule has 2 heterocycles. The highest BCUT2D eigenvalue weighted by Gasteiger charge is 2.14. The zero-order valence-corrected chi connectivity index (χ0v) is 25.5. The van der Waals surface area contributed by atoms with Crippen LogP contribution in [0.3, 0.4) is 0 Å². The highest BCUT2D eigenvalue weighted by molar-refractivity contribution is 7.98. The fraction of sp³-hybridized carbons (Fsp3) is 0.324. The van der Waals surface area contributed by atoms with Gasteiger partial charge < -0.3 is 15.1 Å². The second-order valence-corrected chi connectivity index (χ2v) is 11.9. The predicted molar refractivity (Wildman–Crippen MR) is 173 cm³/mol. The first kappa shape index (κ1) is 30.1. The molecule has 218 valence electrons. The molecule has 3 aromatic carbocycles. The molecule has 0 saturated carbocycles. The summed E-state index contributed by atoms with van der Waals surface area (Å²) in [4.78, 5) is 26.7. The average Bonchev–Trinajstić information content (AvgIpc) is 3.03. The molecule has 0 unspecified atom stereocenters. The summed E-state index contributed by atoms with van der Waals surface area (Å²) in [6.07, 6.45) is 4.74. The molecule has 0 bridgehead atoms. The van der Waals surface area contributed by atoms with Crippen molar-refractivity contribution >= 4 is 35.1 Å². The van der Waals surface area contributed by atoms with E-state index < -0.39 is 0 Å². The van der Waals surface area contributed by atoms with Gasteiger partial charge in [-0.3, -0.25) is 4.79 Å². The summed E-state index contributed by atoms with van der Waals surface area (Å²) >= 11 is 8.05. The van der Waals surface area contributed by atoms with E-state index in [1.165, 1.54) is 30.4 Å². The van der Waals surface area contributed by atoms with Crippen LogP contribution in [0, 0.1) is 0 Å². The number of anilines is 1. The highest BCUT2D eigenvalue weighted by Crippen LogP contribution is 2.26. The third-order valence-corrected chi connectivity index (χ3v) is 8.57. The van der Waals surface area contributed by atoms with Crippen molar-refractivity contribution in [2.75, 3.05) is 37.6 Å². The first-order valence-electron chi connectivity index (χ1n) is 14.7. The van der Waals surface area contributed by atoms with Crippen molar-refractivity contribution in [3.63, 3.8) is 0 Å². The maximum Gasteiger partial charge on any atom is 0.251 e. The minimum atomic E-state index is -0.0250. The van der Waals surface area contributed by atoms with Crippen LogP contribution in [-0.2, 0) is 18.7 Å². The number of hydrogen-bond donors (Lipinski definition) is 1. The Kier molecular flexibility index (Phi) is 11.3. The second kappa shape index (κ2) is 15.7. The zero-order valence-electron chi connectivity index (χ0n) is 23.9. The average molecular weight is 600 g/mol. The molecule has 4 aromatic rings. The third kappa shape index (κ3) is 9.31. The Bertz CT molecular complexity index is 1400. The van der Waals surface area contributed by atoms with Crippen LogP contribution in [0.25, 0.3) is 0 Å². The Hall–Kier alpha value is -3.39. The largest absolute Gasteiger partial charge is 0.352 e. The van der Waals surface area contributed by atoms with E-state index in [1.54, 1.807) is 11.8 Å². The molecule has 42 heavy (non-hydrogen) atoms. The summed E-state index contributed by atoms with van der Waals surface area (Å²) < 4.78 is 0. The molecule has 0 atom stereocenters. The van der Waals surface area contributed by atoms with E-state index in [4.69, 9.17) is 16.6 Å². The number of nitrogens with zero attached hydrogens (tertiary/aromatic N) is 4. The van der Waals surface area contributed by atoms with Gasteiger partial charge in [0.15, 0.2) is 5.16 Å². The number of nitrogens with one attached hydrogen (secondary N) is 1. The Morgan fingerprint density at radius 3 is 2.26 bits per heavy atom. The lowest BCUT2D eigenvalue weighted by Gasteiger charge is -2.26. The second-order valence-electron chi connectivity index (χ2n) is 10.6. The molecule has 1 N–H and O–H groups in total. The van der Waals surface area contributed by atoms with Crippen molar-refractivity contribution < 1.29 is 4.79 Å². The number of hydrogen-bond acceptors (Lipinski definition) is 6. The summed E-state index contributed by atoms with van der Waals surface area (Å²) in [6, 6.07) is 30.5. The molecule has 1 saturated heterocycles. The van der Waals surface area contributed by atoms with Gasteiger partial charge in [0.25, 0.3) is 5.91 Å². The number of rotatable bonds is 13. The highest BCUT2D eigenvalue weighted by atomic mass is 35.5. The number of piperidine rings is 1. The van der Waals surface area contributed by atoms with Crippen LogP contribution in [0.1, 0.15) is 46.3 Å². The van der Waals surface area contributed by atoms with Crippen LogP contribution in [0.2, 0.25) is 5.15 Å². The summed E-state index contributed by atoms with van der Waals surface area (Å²) in [5.74, 6) is 1.47. The normalized spacial score (nSPS) is 13.5. The van der Waals surface area contributed by atoms with E-state index in [1.807, 2.05) is 42.5 Å². The van der Waals surface area contributed by atoms with E-state index in [-0.39, 0.29) is 5.91 Å². The van der Waals surface area contributed by atoms with Crippen molar-refractivity contribution in [3.05, 3.63) is 118 Å². The van der Waals surface area contributed by atoms with Crippen molar-refractivity contribution in [2.45, 2.75) is 43.1 Å². The number of carbonyl (C=O) groups excluding carboxylic acids is 1. The Labute approximate surface area is 258 Å². The van der Waals surface area contributed by atoms with Crippen LogP contribution in [0.4, 0.5) is 5.82 Å². The molecule has 1 fully saturated rings. The lowest BCUT2D eigenvalue weighted by molar-refractivity contribution is 0.0946. The number of halogens is 1. The first-order chi connectivity index (χ1) is 20.6. The molecule has 8 heteroatoms. The summed E-state index contributed by atoms with van der Waals surface area (Å²) in [7, 11) is 0. The van der Waals surface area contributed by atoms with Gasteiger partial charge in [0.05, 0.1) is 0 Å². The molecular weight excluding hydrogens is 562 g/mol. The van der Waals surface area contributed by atoms with Gasteiger partial charge in [-0.25, -0.2) is 9.97 Å². The van der Waals surface area contributed by atoms with Gasteiger partial charge >= 0.3 is 0 Å². The monoisotopic (exact) mass is 599 g/mol. The minimum absolute atomic E-state index is 0.0250. The number of carbonyl (C=O) groups is 1. The van der Waals surface area contributed by atoms with Gasteiger partial charge in [-0.1, -0.05) is 103 Å². The molecule has 6 nitrogen and oxygen atoms in total. The van der Waals surface area contributed by atoms with Crippen LogP contribution in [-0.4, -0.2) is 53.5 Å². The van der Waals surface area contributed by atoms with Gasteiger partial charge in [-0.15, -0.1) is 0 Å². The Morgan fingerprint density at radius 2 is 1.55 bits per heavy atom. The van der Waals surface area contributed by atoms with E-state index in [2.05, 4.69) is 68.6 Å². The lowest BCUT2D eigenvalue weighted by Crippen LogP contribution is -2.37. The van der Waals surface area contributed by atoms with Gasteiger partial charge in [0.1, 0.15) is 11.0 Å². The summed E-state index contributed by atoms with van der Waals surface area (Å²) in [6.45, 7) is 5.40.